The zero-order chi connectivity index (χ0) is 21.8. The average molecular weight is 459 g/mol. The molecule has 31 heavy (non-hydrogen) atoms. The first-order valence-corrected chi connectivity index (χ1v) is 11.4. The van der Waals surface area contributed by atoms with Crippen molar-refractivity contribution in [3.63, 3.8) is 0 Å². The number of sulfonamides is 1. The van der Waals surface area contributed by atoms with Crippen molar-refractivity contribution in [3.05, 3.63) is 77.3 Å². The highest BCUT2D eigenvalue weighted by Gasteiger charge is 2.21. The molecule has 0 aromatic heterocycles. The Morgan fingerprint density at radius 1 is 0.903 bits per heavy atom. The second-order valence-corrected chi connectivity index (χ2v) is 8.89. The summed E-state index contributed by atoms with van der Waals surface area (Å²) in [6, 6.07) is 17.4. The molecular weight excluding hydrogens is 440 g/mol. The van der Waals surface area contributed by atoms with Gasteiger partial charge in [0.1, 0.15) is 0 Å². The molecule has 0 fully saturated rings. The fourth-order valence-corrected chi connectivity index (χ4v) is 4.24. The molecule has 2 N–H and O–H groups in total. The van der Waals surface area contributed by atoms with Crippen LogP contribution in [0, 0.1) is 0 Å². The van der Waals surface area contributed by atoms with Gasteiger partial charge >= 0.3 is 0 Å². The standard InChI is InChI=1S/C22H19ClN2O5S/c23-15-6-8-16(9-7-15)24-22(26)18-4-1-2-5-19(18)25-31(27,28)17-10-11-20-21(14-17)30-13-3-12-29-20/h1-2,4-11,14,25H,3,12-13H2,(H,24,26). The third-order valence-electron chi connectivity index (χ3n) is 4.55. The number of anilines is 2. The Labute approximate surface area is 185 Å². The van der Waals surface area contributed by atoms with E-state index in [1.165, 1.54) is 24.3 Å². The quantitative estimate of drug-likeness (QED) is 0.584. The van der Waals surface area contributed by atoms with Crippen LogP contribution in [-0.4, -0.2) is 27.5 Å². The highest BCUT2D eigenvalue weighted by atomic mass is 35.5. The van der Waals surface area contributed by atoms with Crippen LogP contribution in [0.15, 0.2) is 71.6 Å². The van der Waals surface area contributed by atoms with Gasteiger partial charge in [0.2, 0.25) is 0 Å². The number of hydrogen-bond acceptors (Lipinski definition) is 5. The van der Waals surface area contributed by atoms with Crippen LogP contribution < -0.4 is 19.5 Å². The van der Waals surface area contributed by atoms with Gasteiger partial charge in [0.15, 0.2) is 11.5 Å². The summed E-state index contributed by atoms with van der Waals surface area (Å²) in [6.07, 6.45) is 0.713. The summed E-state index contributed by atoms with van der Waals surface area (Å²) in [5.74, 6) is 0.410. The number of benzene rings is 3. The van der Waals surface area contributed by atoms with E-state index >= 15 is 0 Å². The first-order valence-electron chi connectivity index (χ1n) is 9.51. The van der Waals surface area contributed by atoms with Crippen molar-refractivity contribution in [2.45, 2.75) is 11.3 Å². The zero-order valence-corrected chi connectivity index (χ0v) is 17.9. The number of fused-ring (bicyclic) bond motifs is 1. The first-order chi connectivity index (χ1) is 14.9. The molecule has 0 aliphatic carbocycles. The second-order valence-electron chi connectivity index (χ2n) is 6.77. The lowest BCUT2D eigenvalue weighted by atomic mass is 10.1. The van der Waals surface area contributed by atoms with Crippen molar-refractivity contribution in [2.75, 3.05) is 23.3 Å². The second kappa shape index (κ2) is 8.87. The van der Waals surface area contributed by atoms with Gasteiger partial charge in [-0.3, -0.25) is 9.52 Å². The summed E-state index contributed by atoms with van der Waals surface area (Å²) in [6.45, 7) is 0.949. The minimum atomic E-state index is -3.98. The number of amides is 1. The van der Waals surface area contributed by atoms with Crippen LogP contribution >= 0.6 is 11.6 Å². The maximum absolute atomic E-state index is 13.0. The normalized spacial score (nSPS) is 13.2. The Balaban J connectivity index is 1.58. The Morgan fingerprint density at radius 3 is 2.39 bits per heavy atom. The molecule has 4 rings (SSSR count). The third-order valence-corrected chi connectivity index (χ3v) is 6.16. The summed E-state index contributed by atoms with van der Waals surface area (Å²) < 4.78 is 39.6. The topological polar surface area (TPSA) is 93.7 Å². The molecule has 3 aromatic rings. The Hall–Kier alpha value is -3.23. The van der Waals surface area contributed by atoms with Gasteiger partial charge in [-0.15, -0.1) is 0 Å². The van der Waals surface area contributed by atoms with Crippen molar-refractivity contribution in [3.8, 4) is 11.5 Å². The third kappa shape index (κ3) is 4.92. The van der Waals surface area contributed by atoms with Crippen molar-refractivity contribution >= 4 is 38.9 Å². The number of para-hydroxylation sites is 1. The van der Waals surface area contributed by atoms with Gasteiger partial charge in [0, 0.05) is 23.2 Å². The predicted octanol–water partition coefficient (Wildman–Crippen LogP) is 4.55. The molecule has 7 nitrogen and oxygen atoms in total. The first kappa shape index (κ1) is 21.0. The highest BCUT2D eigenvalue weighted by Crippen LogP contribution is 2.32. The van der Waals surface area contributed by atoms with E-state index in [4.69, 9.17) is 21.1 Å². The Morgan fingerprint density at radius 2 is 1.61 bits per heavy atom. The summed E-state index contributed by atoms with van der Waals surface area (Å²) in [7, 11) is -3.98. The molecule has 0 bridgehead atoms. The zero-order valence-electron chi connectivity index (χ0n) is 16.3. The van der Waals surface area contributed by atoms with Crippen LogP contribution in [-0.2, 0) is 10.0 Å². The van der Waals surface area contributed by atoms with E-state index in [-0.39, 0.29) is 16.1 Å². The molecule has 1 aliphatic heterocycles. The van der Waals surface area contributed by atoms with Gasteiger partial charge in [-0.2, -0.15) is 0 Å². The molecule has 1 aliphatic rings. The lowest BCUT2D eigenvalue weighted by Crippen LogP contribution is -2.18. The molecule has 0 spiro atoms. The van der Waals surface area contributed by atoms with Crippen molar-refractivity contribution in [1.82, 2.24) is 0 Å². The number of nitrogens with one attached hydrogen (secondary N) is 2. The molecule has 9 heteroatoms. The van der Waals surface area contributed by atoms with Gasteiger partial charge < -0.3 is 14.8 Å². The number of carbonyl (C=O) groups excluding carboxylic acids is 1. The van der Waals surface area contributed by atoms with Crippen LogP contribution in [0.5, 0.6) is 11.5 Å². The van der Waals surface area contributed by atoms with Gasteiger partial charge in [0.25, 0.3) is 15.9 Å². The maximum Gasteiger partial charge on any atom is 0.262 e. The molecule has 1 amide bonds. The van der Waals surface area contributed by atoms with E-state index in [1.54, 1.807) is 42.5 Å². The number of carbonyl (C=O) groups is 1. The smallest absolute Gasteiger partial charge is 0.262 e. The van der Waals surface area contributed by atoms with Crippen LogP contribution in [0.4, 0.5) is 11.4 Å². The molecule has 3 aromatic carbocycles. The molecule has 0 unspecified atom stereocenters. The molecule has 1 heterocycles. The van der Waals surface area contributed by atoms with E-state index in [0.29, 0.717) is 41.8 Å². The summed E-state index contributed by atoms with van der Waals surface area (Å²) in [4.78, 5) is 12.8. The Bertz CT molecular complexity index is 1210. The van der Waals surface area contributed by atoms with Gasteiger partial charge in [-0.05, 0) is 48.5 Å². The molecule has 0 atom stereocenters. The largest absolute Gasteiger partial charge is 0.490 e. The minimum absolute atomic E-state index is 0.00432. The van der Waals surface area contributed by atoms with Crippen molar-refractivity contribution in [2.24, 2.45) is 0 Å². The van der Waals surface area contributed by atoms with E-state index in [2.05, 4.69) is 10.0 Å². The van der Waals surface area contributed by atoms with E-state index in [0.717, 1.165) is 0 Å². The summed E-state index contributed by atoms with van der Waals surface area (Å²) >= 11 is 5.87. The molecule has 160 valence electrons. The van der Waals surface area contributed by atoms with Gasteiger partial charge in [-0.25, -0.2) is 8.42 Å². The lowest BCUT2D eigenvalue weighted by Gasteiger charge is -2.14. The monoisotopic (exact) mass is 458 g/mol. The van der Waals surface area contributed by atoms with Crippen molar-refractivity contribution < 1.29 is 22.7 Å². The molecule has 0 saturated heterocycles. The van der Waals surface area contributed by atoms with Crippen LogP contribution in [0.3, 0.4) is 0 Å². The van der Waals surface area contributed by atoms with Gasteiger partial charge in [-0.1, -0.05) is 23.7 Å². The average Bonchev–Trinajstić information content (AvgIpc) is 3.00. The lowest BCUT2D eigenvalue weighted by molar-refractivity contribution is 0.102. The fraction of sp³-hybridized carbons (Fsp3) is 0.136. The van der Waals surface area contributed by atoms with Crippen molar-refractivity contribution in [1.29, 1.82) is 0 Å². The van der Waals surface area contributed by atoms with E-state index in [1.807, 2.05) is 0 Å². The molecular formula is C22H19ClN2O5S. The SMILES string of the molecule is O=C(Nc1ccc(Cl)cc1)c1ccccc1NS(=O)(=O)c1ccc2c(c1)OCCCO2. The minimum Gasteiger partial charge on any atom is -0.490 e. The van der Waals surface area contributed by atoms with Gasteiger partial charge in [0.05, 0.1) is 29.4 Å². The molecule has 0 saturated carbocycles. The fourth-order valence-electron chi connectivity index (χ4n) is 3.02. The van der Waals surface area contributed by atoms with Crippen LogP contribution in [0.1, 0.15) is 16.8 Å². The number of halogens is 1. The highest BCUT2D eigenvalue weighted by molar-refractivity contribution is 7.92. The Kier molecular flexibility index (Phi) is 6.01. The predicted molar refractivity (Wildman–Crippen MR) is 119 cm³/mol. The van der Waals surface area contributed by atoms with E-state index < -0.39 is 15.9 Å². The summed E-state index contributed by atoms with van der Waals surface area (Å²) in [5.41, 5.74) is 0.867. The van der Waals surface area contributed by atoms with Crippen LogP contribution in [0.2, 0.25) is 5.02 Å². The number of rotatable bonds is 5. The summed E-state index contributed by atoms with van der Waals surface area (Å²) in [5, 5.41) is 3.27. The van der Waals surface area contributed by atoms with E-state index in [9.17, 15) is 13.2 Å². The molecule has 0 radical (unpaired) electrons. The number of hydrogen-bond donors (Lipinski definition) is 2. The number of ether oxygens (including phenoxy) is 2. The van der Waals surface area contributed by atoms with Crippen LogP contribution in [0.25, 0.3) is 0 Å². The maximum atomic E-state index is 13.0.